The van der Waals surface area contributed by atoms with Crippen LogP contribution in [0.1, 0.15) is 0 Å². The number of rotatable bonds is 5. The zero-order valence-corrected chi connectivity index (χ0v) is 17.0. The van der Waals surface area contributed by atoms with E-state index in [0.717, 1.165) is 16.6 Å². The van der Waals surface area contributed by atoms with Crippen molar-refractivity contribution in [3.63, 3.8) is 0 Å². The number of hydrogen-bond donors (Lipinski definition) is 1. The minimum atomic E-state index is -0.475. The summed E-state index contributed by atoms with van der Waals surface area (Å²) in [4.78, 5) is 17.1. The number of benzene rings is 3. The third-order valence-corrected chi connectivity index (χ3v) is 5.67. The van der Waals surface area contributed by atoms with Crippen LogP contribution >= 0.6 is 11.8 Å². The van der Waals surface area contributed by atoms with E-state index < -0.39 is 5.82 Å². The van der Waals surface area contributed by atoms with Crippen LogP contribution in [0.4, 0.5) is 10.1 Å². The van der Waals surface area contributed by atoms with Gasteiger partial charge in [-0.3, -0.25) is 9.20 Å². The van der Waals surface area contributed by atoms with Gasteiger partial charge in [0.05, 0.1) is 22.5 Å². The molecule has 2 heterocycles. The van der Waals surface area contributed by atoms with Crippen molar-refractivity contribution in [3.8, 4) is 11.4 Å². The summed E-state index contributed by atoms with van der Waals surface area (Å²) in [5.74, 6) is -0.0436. The van der Waals surface area contributed by atoms with E-state index in [-0.39, 0.29) is 17.3 Å². The molecule has 5 aromatic rings. The van der Waals surface area contributed by atoms with Crippen LogP contribution in [0, 0.1) is 5.82 Å². The van der Waals surface area contributed by atoms with Crippen LogP contribution in [-0.2, 0) is 4.79 Å². The first-order chi connectivity index (χ1) is 15.2. The number of hydrogen-bond acceptors (Lipinski definition) is 5. The number of halogens is 1. The SMILES string of the molecule is O=C(CSc1nc2ccccc2n2c(-c3ccccc3)nnc12)Nc1ccccc1F. The molecule has 0 unspecified atom stereocenters. The summed E-state index contributed by atoms with van der Waals surface area (Å²) < 4.78 is 15.8. The van der Waals surface area contributed by atoms with E-state index in [1.807, 2.05) is 59.0 Å². The van der Waals surface area contributed by atoms with Crippen molar-refractivity contribution in [1.29, 1.82) is 0 Å². The topological polar surface area (TPSA) is 72.2 Å². The molecule has 0 bridgehead atoms. The number of anilines is 1. The number of carbonyl (C=O) groups is 1. The number of carbonyl (C=O) groups excluding carboxylic acids is 1. The van der Waals surface area contributed by atoms with Crippen LogP contribution in [0.25, 0.3) is 28.1 Å². The lowest BCUT2D eigenvalue weighted by Crippen LogP contribution is -2.15. The molecular weight excluding hydrogens is 413 g/mol. The van der Waals surface area contributed by atoms with E-state index in [2.05, 4.69) is 15.5 Å². The van der Waals surface area contributed by atoms with Gasteiger partial charge in [0, 0.05) is 5.56 Å². The minimum absolute atomic E-state index is 0.0584. The molecule has 31 heavy (non-hydrogen) atoms. The number of fused-ring (bicyclic) bond motifs is 3. The van der Waals surface area contributed by atoms with Gasteiger partial charge in [-0.05, 0) is 24.3 Å². The van der Waals surface area contributed by atoms with Crippen LogP contribution < -0.4 is 5.32 Å². The Hall–Kier alpha value is -3.78. The molecule has 0 saturated heterocycles. The Labute approximate surface area is 181 Å². The van der Waals surface area contributed by atoms with Gasteiger partial charge >= 0.3 is 0 Å². The van der Waals surface area contributed by atoms with E-state index in [9.17, 15) is 9.18 Å². The molecule has 152 valence electrons. The van der Waals surface area contributed by atoms with E-state index in [4.69, 9.17) is 4.98 Å². The monoisotopic (exact) mass is 429 g/mol. The normalized spacial score (nSPS) is 11.1. The van der Waals surface area contributed by atoms with E-state index in [0.29, 0.717) is 16.5 Å². The lowest BCUT2D eigenvalue weighted by atomic mass is 10.2. The maximum Gasteiger partial charge on any atom is 0.234 e. The van der Waals surface area contributed by atoms with Gasteiger partial charge in [0.1, 0.15) is 10.8 Å². The second-order valence-electron chi connectivity index (χ2n) is 6.77. The Bertz CT molecular complexity index is 1400. The fourth-order valence-corrected chi connectivity index (χ4v) is 4.08. The zero-order valence-electron chi connectivity index (χ0n) is 16.2. The molecule has 6 nitrogen and oxygen atoms in total. The maximum absolute atomic E-state index is 13.8. The van der Waals surface area contributed by atoms with Crippen LogP contribution in [0.5, 0.6) is 0 Å². The number of thioether (sulfide) groups is 1. The van der Waals surface area contributed by atoms with Gasteiger partial charge in [0.2, 0.25) is 5.91 Å². The highest BCUT2D eigenvalue weighted by Gasteiger charge is 2.17. The summed E-state index contributed by atoms with van der Waals surface area (Å²) in [7, 11) is 0. The molecule has 2 aromatic heterocycles. The lowest BCUT2D eigenvalue weighted by Gasteiger charge is -2.09. The molecule has 1 amide bonds. The highest BCUT2D eigenvalue weighted by atomic mass is 32.2. The minimum Gasteiger partial charge on any atom is -0.323 e. The Balaban J connectivity index is 1.51. The average Bonchev–Trinajstić information content (AvgIpc) is 3.25. The van der Waals surface area contributed by atoms with Crippen LogP contribution in [0.15, 0.2) is 83.9 Å². The van der Waals surface area contributed by atoms with Crippen LogP contribution in [0.3, 0.4) is 0 Å². The van der Waals surface area contributed by atoms with Crippen LogP contribution in [-0.4, -0.2) is 31.2 Å². The Morgan fingerprint density at radius 1 is 0.935 bits per heavy atom. The van der Waals surface area contributed by atoms with Gasteiger partial charge in [-0.1, -0.05) is 66.4 Å². The number of para-hydroxylation sites is 3. The van der Waals surface area contributed by atoms with Crippen molar-refractivity contribution < 1.29 is 9.18 Å². The van der Waals surface area contributed by atoms with Crippen molar-refractivity contribution in [2.45, 2.75) is 5.03 Å². The van der Waals surface area contributed by atoms with E-state index in [1.54, 1.807) is 12.1 Å². The molecule has 3 aromatic carbocycles. The van der Waals surface area contributed by atoms with E-state index in [1.165, 1.54) is 23.9 Å². The summed E-state index contributed by atoms with van der Waals surface area (Å²) in [6.07, 6.45) is 0. The van der Waals surface area contributed by atoms with Crippen molar-refractivity contribution in [1.82, 2.24) is 19.6 Å². The highest BCUT2D eigenvalue weighted by molar-refractivity contribution is 8.00. The fourth-order valence-electron chi connectivity index (χ4n) is 3.31. The predicted octanol–water partition coefficient (Wildman–Crippen LogP) is 4.81. The predicted molar refractivity (Wildman–Crippen MR) is 119 cm³/mol. The first-order valence-corrected chi connectivity index (χ1v) is 10.6. The van der Waals surface area contributed by atoms with Crippen molar-refractivity contribution in [2.75, 3.05) is 11.1 Å². The quantitative estimate of drug-likeness (QED) is 0.406. The standard InChI is InChI=1S/C23H16FN5OS/c24-16-10-4-5-11-17(16)25-20(30)14-31-23-22-28-27-21(15-8-2-1-3-9-15)29(22)19-13-7-6-12-18(19)26-23/h1-13H,14H2,(H,25,30). The molecule has 0 fully saturated rings. The Kier molecular flexibility index (Phi) is 5.05. The lowest BCUT2D eigenvalue weighted by molar-refractivity contribution is -0.113. The summed E-state index contributed by atoms with van der Waals surface area (Å²) in [6.45, 7) is 0. The molecule has 0 aliphatic rings. The smallest absolute Gasteiger partial charge is 0.234 e. The fraction of sp³-hybridized carbons (Fsp3) is 0.0435. The third-order valence-electron chi connectivity index (χ3n) is 4.72. The highest BCUT2D eigenvalue weighted by Crippen LogP contribution is 2.29. The Morgan fingerprint density at radius 3 is 2.52 bits per heavy atom. The molecule has 0 aliphatic heterocycles. The summed E-state index contributed by atoms with van der Waals surface area (Å²) in [5.41, 5.74) is 3.30. The maximum atomic E-state index is 13.8. The van der Waals surface area contributed by atoms with E-state index >= 15 is 0 Å². The second-order valence-corrected chi connectivity index (χ2v) is 7.74. The van der Waals surface area contributed by atoms with Gasteiger partial charge in [0.15, 0.2) is 11.5 Å². The first kappa shape index (κ1) is 19.2. The van der Waals surface area contributed by atoms with Crippen molar-refractivity contribution in [3.05, 3.63) is 84.7 Å². The molecule has 0 spiro atoms. The molecular formula is C23H16FN5OS. The second kappa shape index (κ2) is 8.16. The number of amides is 1. The van der Waals surface area contributed by atoms with Crippen molar-refractivity contribution in [2.24, 2.45) is 0 Å². The summed E-state index contributed by atoms with van der Waals surface area (Å²) in [6, 6.07) is 23.6. The average molecular weight is 429 g/mol. The molecule has 5 rings (SSSR count). The van der Waals surface area contributed by atoms with Gasteiger partial charge in [-0.25, -0.2) is 9.37 Å². The number of aromatic nitrogens is 4. The molecule has 0 atom stereocenters. The molecule has 0 aliphatic carbocycles. The number of nitrogens with zero attached hydrogens (tertiary/aromatic N) is 4. The molecule has 1 N–H and O–H groups in total. The summed E-state index contributed by atoms with van der Waals surface area (Å²) in [5, 5.41) is 11.9. The largest absolute Gasteiger partial charge is 0.323 e. The van der Waals surface area contributed by atoms with Gasteiger partial charge in [0.25, 0.3) is 0 Å². The zero-order chi connectivity index (χ0) is 21.2. The van der Waals surface area contributed by atoms with Crippen LogP contribution in [0.2, 0.25) is 0 Å². The first-order valence-electron chi connectivity index (χ1n) is 9.57. The third kappa shape index (κ3) is 3.73. The van der Waals surface area contributed by atoms with Crippen molar-refractivity contribution >= 4 is 40.0 Å². The summed E-state index contributed by atoms with van der Waals surface area (Å²) >= 11 is 1.24. The molecule has 0 saturated carbocycles. The van der Waals surface area contributed by atoms with Gasteiger partial charge < -0.3 is 5.32 Å². The number of nitrogens with one attached hydrogen (secondary N) is 1. The molecule has 0 radical (unpaired) electrons. The van der Waals surface area contributed by atoms with Gasteiger partial charge in [-0.15, -0.1) is 10.2 Å². The Morgan fingerprint density at radius 2 is 1.68 bits per heavy atom. The van der Waals surface area contributed by atoms with Gasteiger partial charge in [-0.2, -0.15) is 0 Å². The molecule has 8 heteroatoms.